The van der Waals surface area contributed by atoms with Gasteiger partial charge in [0.25, 0.3) is 5.19 Å². The molecule has 25 heavy (non-hydrogen) atoms. The van der Waals surface area contributed by atoms with E-state index in [4.69, 9.17) is 4.74 Å². The topological polar surface area (TPSA) is 68.3 Å². The van der Waals surface area contributed by atoms with Gasteiger partial charge >= 0.3 is 0 Å². The quantitative estimate of drug-likeness (QED) is 0.707. The second kappa shape index (κ2) is 7.35. The Morgan fingerprint density at radius 2 is 1.88 bits per heavy atom. The highest BCUT2D eigenvalue weighted by Gasteiger charge is 2.16. The third kappa shape index (κ3) is 4.45. The van der Waals surface area contributed by atoms with Gasteiger partial charge in [0.05, 0.1) is 4.90 Å². The molecule has 0 bridgehead atoms. The monoisotopic (exact) mass is 374 g/mol. The van der Waals surface area contributed by atoms with Gasteiger partial charge in [0.2, 0.25) is 10.0 Å². The van der Waals surface area contributed by atoms with Gasteiger partial charge in [0, 0.05) is 18.1 Å². The molecule has 1 N–H and O–H groups in total. The zero-order valence-corrected chi connectivity index (χ0v) is 15.5. The summed E-state index contributed by atoms with van der Waals surface area (Å²) in [5.74, 6) is 0.663. The second-order valence-electron chi connectivity index (χ2n) is 5.64. The SMILES string of the molecule is Cc1ccc(C)c(S(=O)(=O)NCc2ccc(Oc3nccs3)cc2)c1. The number of aryl methyl sites for hydroxylation is 2. The number of nitrogens with one attached hydrogen (secondary N) is 1. The minimum atomic E-state index is -3.55. The summed E-state index contributed by atoms with van der Waals surface area (Å²) >= 11 is 1.41. The summed E-state index contributed by atoms with van der Waals surface area (Å²) in [7, 11) is -3.55. The molecule has 0 spiro atoms. The zero-order chi connectivity index (χ0) is 17.9. The summed E-state index contributed by atoms with van der Waals surface area (Å²) in [6.07, 6.45) is 1.68. The summed E-state index contributed by atoms with van der Waals surface area (Å²) < 4.78 is 33.3. The maximum Gasteiger partial charge on any atom is 0.278 e. The summed E-state index contributed by atoms with van der Waals surface area (Å²) in [4.78, 5) is 4.37. The minimum absolute atomic E-state index is 0.216. The van der Waals surface area contributed by atoms with Gasteiger partial charge in [-0.25, -0.2) is 18.1 Å². The second-order valence-corrected chi connectivity index (χ2v) is 8.23. The van der Waals surface area contributed by atoms with Crippen molar-refractivity contribution in [2.45, 2.75) is 25.3 Å². The number of sulfonamides is 1. The normalized spacial score (nSPS) is 11.4. The molecule has 1 aromatic heterocycles. The van der Waals surface area contributed by atoms with Gasteiger partial charge in [0.15, 0.2) is 0 Å². The van der Waals surface area contributed by atoms with E-state index >= 15 is 0 Å². The van der Waals surface area contributed by atoms with Crippen LogP contribution < -0.4 is 9.46 Å². The third-order valence-electron chi connectivity index (χ3n) is 3.64. The molecule has 3 aromatic rings. The molecule has 0 unspecified atom stereocenters. The lowest BCUT2D eigenvalue weighted by molar-refractivity contribution is 0.478. The number of ether oxygens (including phenoxy) is 1. The van der Waals surface area contributed by atoms with E-state index in [0.29, 0.717) is 15.8 Å². The lowest BCUT2D eigenvalue weighted by Crippen LogP contribution is -2.24. The first-order valence-electron chi connectivity index (χ1n) is 7.67. The highest BCUT2D eigenvalue weighted by molar-refractivity contribution is 7.89. The maximum atomic E-state index is 12.5. The lowest BCUT2D eigenvalue weighted by Gasteiger charge is -2.10. The van der Waals surface area contributed by atoms with Gasteiger partial charge < -0.3 is 4.74 Å². The predicted octanol–water partition coefficient (Wildman–Crippen LogP) is 4.03. The van der Waals surface area contributed by atoms with Gasteiger partial charge in [-0.1, -0.05) is 35.6 Å². The van der Waals surface area contributed by atoms with Crippen LogP contribution in [-0.2, 0) is 16.6 Å². The minimum Gasteiger partial charge on any atom is -0.431 e. The Morgan fingerprint density at radius 3 is 2.56 bits per heavy atom. The average Bonchev–Trinajstić information content (AvgIpc) is 3.09. The molecule has 0 fully saturated rings. The van der Waals surface area contributed by atoms with E-state index in [1.165, 1.54) is 11.3 Å². The van der Waals surface area contributed by atoms with Crippen LogP contribution in [0.3, 0.4) is 0 Å². The molecule has 1 heterocycles. The fourth-order valence-corrected chi connectivity index (χ4v) is 4.14. The number of nitrogens with zero attached hydrogens (tertiary/aromatic N) is 1. The van der Waals surface area contributed by atoms with Crippen molar-refractivity contribution < 1.29 is 13.2 Å². The molecule has 0 amide bonds. The highest BCUT2D eigenvalue weighted by Crippen LogP contribution is 2.23. The maximum absolute atomic E-state index is 12.5. The van der Waals surface area contributed by atoms with Gasteiger partial charge in [-0.2, -0.15) is 0 Å². The Morgan fingerprint density at radius 1 is 1.12 bits per heavy atom. The number of thiazole rings is 1. The lowest BCUT2D eigenvalue weighted by atomic mass is 10.2. The van der Waals surface area contributed by atoms with E-state index in [9.17, 15) is 8.42 Å². The molecular weight excluding hydrogens is 356 g/mol. The molecule has 0 aliphatic carbocycles. The zero-order valence-electron chi connectivity index (χ0n) is 13.9. The van der Waals surface area contributed by atoms with Crippen LogP contribution in [0.25, 0.3) is 0 Å². The Labute approximate surface area is 151 Å². The Balaban J connectivity index is 1.67. The van der Waals surface area contributed by atoms with Crippen molar-refractivity contribution in [3.05, 3.63) is 70.7 Å². The first-order chi connectivity index (χ1) is 11.9. The number of hydrogen-bond donors (Lipinski definition) is 1. The number of benzene rings is 2. The number of rotatable bonds is 6. The Bertz CT molecular complexity index is 950. The van der Waals surface area contributed by atoms with Crippen LogP contribution in [0.4, 0.5) is 0 Å². The van der Waals surface area contributed by atoms with Gasteiger partial charge in [-0.05, 0) is 48.7 Å². The highest BCUT2D eigenvalue weighted by atomic mass is 32.2. The number of aromatic nitrogens is 1. The van der Waals surface area contributed by atoms with E-state index in [2.05, 4.69) is 9.71 Å². The summed E-state index contributed by atoms with van der Waals surface area (Å²) in [6.45, 7) is 3.88. The van der Waals surface area contributed by atoms with Crippen molar-refractivity contribution in [2.75, 3.05) is 0 Å². The van der Waals surface area contributed by atoms with Crippen molar-refractivity contribution in [3.63, 3.8) is 0 Å². The van der Waals surface area contributed by atoms with Crippen LogP contribution in [0.1, 0.15) is 16.7 Å². The van der Waals surface area contributed by atoms with E-state index in [0.717, 1.165) is 16.7 Å². The Kier molecular flexibility index (Phi) is 5.17. The van der Waals surface area contributed by atoms with Gasteiger partial charge in [0.1, 0.15) is 5.75 Å². The van der Waals surface area contributed by atoms with Crippen molar-refractivity contribution in [1.82, 2.24) is 9.71 Å². The molecule has 130 valence electrons. The molecule has 0 saturated carbocycles. The molecule has 0 atom stereocenters. The summed E-state index contributed by atoms with van der Waals surface area (Å²) in [5.41, 5.74) is 2.49. The average molecular weight is 374 g/mol. The van der Waals surface area contributed by atoms with Crippen molar-refractivity contribution >= 4 is 21.4 Å². The van der Waals surface area contributed by atoms with Crippen LogP contribution in [0, 0.1) is 13.8 Å². The first-order valence-corrected chi connectivity index (χ1v) is 10.0. The fraction of sp³-hybridized carbons (Fsp3) is 0.167. The van der Waals surface area contributed by atoms with Crippen LogP contribution in [0.2, 0.25) is 0 Å². The van der Waals surface area contributed by atoms with E-state index < -0.39 is 10.0 Å². The smallest absolute Gasteiger partial charge is 0.278 e. The largest absolute Gasteiger partial charge is 0.431 e. The van der Waals surface area contributed by atoms with Gasteiger partial charge in [-0.15, -0.1) is 0 Å². The molecular formula is C18H18N2O3S2. The standard InChI is InChI=1S/C18H18N2O3S2/c1-13-3-4-14(2)17(11-13)25(21,22)20-12-15-5-7-16(8-6-15)23-18-19-9-10-24-18/h3-11,20H,12H2,1-2H3. The van der Waals surface area contributed by atoms with Crippen LogP contribution >= 0.6 is 11.3 Å². The predicted molar refractivity (Wildman–Crippen MR) is 98.6 cm³/mol. The molecule has 5 nitrogen and oxygen atoms in total. The molecule has 7 heteroatoms. The van der Waals surface area contributed by atoms with Crippen LogP contribution in [-0.4, -0.2) is 13.4 Å². The molecule has 0 saturated heterocycles. The molecule has 0 aliphatic rings. The van der Waals surface area contributed by atoms with Crippen LogP contribution in [0.15, 0.2) is 58.9 Å². The summed E-state index contributed by atoms with van der Waals surface area (Å²) in [5, 5.41) is 2.41. The van der Waals surface area contributed by atoms with Crippen molar-refractivity contribution in [1.29, 1.82) is 0 Å². The molecule has 2 aromatic carbocycles. The van der Waals surface area contributed by atoms with Crippen molar-refractivity contribution in [2.24, 2.45) is 0 Å². The molecule has 3 rings (SSSR count). The van der Waals surface area contributed by atoms with Gasteiger partial charge in [-0.3, -0.25) is 0 Å². The van der Waals surface area contributed by atoms with E-state index in [1.54, 1.807) is 31.3 Å². The van der Waals surface area contributed by atoms with Crippen molar-refractivity contribution in [3.8, 4) is 10.9 Å². The van der Waals surface area contributed by atoms with Crippen LogP contribution in [0.5, 0.6) is 10.9 Å². The molecule has 0 radical (unpaired) electrons. The summed E-state index contributed by atoms with van der Waals surface area (Å²) in [6, 6.07) is 12.6. The Hall–Kier alpha value is -2.22. The first kappa shape index (κ1) is 17.6. The van der Waals surface area contributed by atoms with E-state index in [-0.39, 0.29) is 6.54 Å². The third-order valence-corrected chi connectivity index (χ3v) is 5.83. The molecule has 0 aliphatic heterocycles. The number of hydrogen-bond acceptors (Lipinski definition) is 5. The fourth-order valence-electron chi connectivity index (χ4n) is 2.29. The van der Waals surface area contributed by atoms with E-state index in [1.807, 2.05) is 36.6 Å².